The van der Waals surface area contributed by atoms with Crippen LogP contribution in [0.3, 0.4) is 0 Å². The number of hydrogen-bond donors (Lipinski definition) is 1. The zero-order chi connectivity index (χ0) is 13.9. The minimum atomic E-state index is 0.628. The van der Waals surface area contributed by atoms with E-state index >= 15 is 0 Å². The van der Waals surface area contributed by atoms with Crippen molar-refractivity contribution in [2.45, 2.75) is 6.92 Å². The zero-order valence-corrected chi connectivity index (χ0v) is 11.2. The van der Waals surface area contributed by atoms with Crippen LogP contribution in [0.15, 0.2) is 55.5 Å². The molecule has 0 amide bonds. The molecule has 0 spiro atoms. The van der Waals surface area contributed by atoms with Crippen molar-refractivity contribution in [1.29, 1.82) is 0 Å². The van der Waals surface area contributed by atoms with Gasteiger partial charge in [-0.25, -0.2) is 9.97 Å². The first kappa shape index (κ1) is 12.3. The number of nitrogens with zero attached hydrogens (tertiary/aromatic N) is 3. The van der Waals surface area contributed by atoms with Gasteiger partial charge in [-0.3, -0.25) is 4.98 Å². The lowest BCUT2D eigenvalue weighted by Gasteiger charge is -1.98. The molecule has 1 N–H and O–H groups in total. The van der Waals surface area contributed by atoms with Crippen molar-refractivity contribution in [1.82, 2.24) is 19.9 Å². The predicted octanol–water partition coefficient (Wildman–Crippen LogP) is 3.65. The van der Waals surface area contributed by atoms with Crippen molar-refractivity contribution in [3.05, 3.63) is 61.4 Å². The fourth-order valence-electron chi connectivity index (χ4n) is 2.03. The Morgan fingerprint density at radius 1 is 1.25 bits per heavy atom. The molecule has 0 bridgehead atoms. The summed E-state index contributed by atoms with van der Waals surface area (Å²) in [5.41, 5.74) is 3.57. The molecular formula is C16H14N4. The smallest absolute Gasteiger partial charge is 0.159 e. The van der Waals surface area contributed by atoms with Gasteiger partial charge in [-0.1, -0.05) is 30.9 Å². The fraction of sp³-hybridized carbons (Fsp3) is 0.0625. The van der Waals surface area contributed by atoms with Crippen LogP contribution >= 0.6 is 0 Å². The summed E-state index contributed by atoms with van der Waals surface area (Å²) in [6, 6.07) is 1.93. The van der Waals surface area contributed by atoms with Crippen molar-refractivity contribution in [3.8, 4) is 0 Å². The zero-order valence-electron chi connectivity index (χ0n) is 11.2. The normalized spacial score (nSPS) is 12.1. The second-order valence-electron chi connectivity index (χ2n) is 4.41. The van der Waals surface area contributed by atoms with Crippen LogP contribution < -0.4 is 0 Å². The highest BCUT2D eigenvalue weighted by molar-refractivity contribution is 6.04. The van der Waals surface area contributed by atoms with Crippen LogP contribution in [0, 0.1) is 0 Å². The highest BCUT2D eigenvalue weighted by Crippen LogP contribution is 2.23. The monoisotopic (exact) mass is 262 g/mol. The van der Waals surface area contributed by atoms with Gasteiger partial charge in [0.25, 0.3) is 0 Å². The van der Waals surface area contributed by atoms with Crippen LogP contribution in [-0.2, 0) is 0 Å². The number of pyridine rings is 1. The fourth-order valence-corrected chi connectivity index (χ4v) is 2.03. The molecule has 3 heterocycles. The Kier molecular flexibility index (Phi) is 3.13. The second kappa shape index (κ2) is 5.09. The minimum Gasteiger partial charge on any atom is -0.352 e. The van der Waals surface area contributed by atoms with Gasteiger partial charge < -0.3 is 4.98 Å². The van der Waals surface area contributed by atoms with Gasteiger partial charge in [0.1, 0.15) is 5.52 Å². The Morgan fingerprint density at radius 3 is 3.00 bits per heavy atom. The molecule has 0 atom stereocenters. The minimum absolute atomic E-state index is 0.628. The van der Waals surface area contributed by atoms with Gasteiger partial charge in [-0.2, -0.15) is 0 Å². The number of aromatic amines is 1. The van der Waals surface area contributed by atoms with E-state index in [-0.39, 0.29) is 0 Å². The van der Waals surface area contributed by atoms with Crippen LogP contribution in [0.25, 0.3) is 27.5 Å². The van der Waals surface area contributed by atoms with E-state index in [4.69, 9.17) is 0 Å². The summed E-state index contributed by atoms with van der Waals surface area (Å²) in [6.45, 7) is 5.96. The molecule has 0 aromatic carbocycles. The standard InChI is InChI=1S/C16H14N4/c1-3-4-5-6-11(2)16-18-10-14-15(20-16)12-9-17-8-7-13(12)19-14/h3-10,19H,2H2,1H3/b4-3-,6-5-. The molecular weight excluding hydrogens is 248 g/mol. The van der Waals surface area contributed by atoms with E-state index in [1.54, 1.807) is 12.4 Å². The number of fused-ring (bicyclic) bond motifs is 3. The SMILES string of the molecule is C=C(/C=C\C=C/C)c1ncc2[nH]c3ccncc3c2n1. The summed E-state index contributed by atoms with van der Waals surface area (Å²) in [4.78, 5) is 16.3. The van der Waals surface area contributed by atoms with Crippen molar-refractivity contribution in [3.63, 3.8) is 0 Å². The van der Waals surface area contributed by atoms with Crippen LogP contribution in [0.1, 0.15) is 12.7 Å². The van der Waals surface area contributed by atoms with Crippen LogP contribution in [0.4, 0.5) is 0 Å². The van der Waals surface area contributed by atoms with Crippen molar-refractivity contribution >= 4 is 27.5 Å². The maximum atomic E-state index is 4.58. The second-order valence-corrected chi connectivity index (χ2v) is 4.41. The average Bonchev–Trinajstić information content (AvgIpc) is 2.85. The molecule has 3 rings (SSSR count). The molecule has 4 heteroatoms. The Bertz CT molecular complexity index is 840. The van der Waals surface area contributed by atoms with E-state index in [9.17, 15) is 0 Å². The van der Waals surface area contributed by atoms with E-state index in [1.807, 2.05) is 43.5 Å². The molecule has 0 fully saturated rings. The molecule has 0 unspecified atom stereocenters. The predicted molar refractivity (Wildman–Crippen MR) is 82.2 cm³/mol. The summed E-state index contributed by atoms with van der Waals surface area (Å²) in [6.07, 6.45) is 13.1. The van der Waals surface area contributed by atoms with E-state index in [2.05, 4.69) is 26.5 Å². The van der Waals surface area contributed by atoms with Crippen molar-refractivity contribution < 1.29 is 0 Å². The van der Waals surface area contributed by atoms with Gasteiger partial charge in [-0.05, 0) is 13.0 Å². The first-order valence-electron chi connectivity index (χ1n) is 6.36. The van der Waals surface area contributed by atoms with Crippen molar-refractivity contribution in [2.75, 3.05) is 0 Å². The molecule has 0 aliphatic carbocycles. The molecule has 0 aliphatic heterocycles. The van der Waals surface area contributed by atoms with E-state index in [0.717, 1.165) is 27.5 Å². The van der Waals surface area contributed by atoms with Gasteiger partial charge in [0, 0.05) is 23.4 Å². The molecule has 0 aliphatic rings. The first-order chi connectivity index (χ1) is 9.79. The van der Waals surface area contributed by atoms with Gasteiger partial charge in [0.05, 0.1) is 17.2 Å². The maximum Gasteiger partial charge on any atom is 0.159 e. The van der Waals surface area contributed by atoms with Gasteiger partial charge >= 0.3 is 0 Å². The lowest BCUT2D eigenvalue weighted by atomic mass is 10.2. The molecule has 0 saturated carbocycles. The van der Waals surface area contributed by atoms with Crippen LogP contribution in [0.2, 0.25) is 0 Å². The summed E-state index contributed by atoms with van der Waals surface area (Å²) < 4.78 is 0. The molecule has 3 aromatic heterocycles. The largest absolute Gasteiger partial charge is 0.352 e. The Morgan fingerprint density at radius 2 is 2.15 bits per heavy atom. The highest BCUT2D eigenvalue weighted by atomic mass is 14.9. The first-order valence-corrected chi connectivity index (χ1v) is 6.36. The van der Waals surface area contributed by atoms with Crippen LogP contribution in [0.5, 0.6) is 0 Å². The average molecular weight is 262 g/mol. The van der Waals surface area contributed by atoms with Gasteiger partial charge in [0.2, 0.25) is 0 Å². The third-order valence-corrected chi connectivity index (χ3v) is 3.02. The number of rotatable bonds is 3. The third-order valence-electron chi connectivity index (χ3n) is 3.02. The summed E-state index contributed by atoms with van der Waals surface area (Å²) >= 11 is 0. The molecule has 0 saturated heterocycles. The van der Waals surface area contributed by atoms with E-state index in [0.29, 0.717) is 5.82 Å². The number of nitrogens with one attached hydrogen (secondary N) is 1. The van der Waals surface area contributed by atoms with Crippen molar-refractivity contribution in [2.24, 2.45) is 0 Å². The van der Waals surface area contributed by atoms with E-state index in [1.165, 1.54) is 0 Å². The topological polar surface area (TPSA) is 54.5 Å². The Labute approximate surface area is 116 Å². The lowest BCUT2D eigenvalue weighted by molar-refractivity contribution is 1.17. The lowest BCUT2D eigenvalue weighted by Crippen LogP contribution is -1.91. The van der Waals surface area contributed by atoms with Crippen LogP contribution in [-0.4, -0.2) is 19.9 Å². The Hall–Kier alpha value is -2.75. The molecule has 0 radical (unpaired) electrons. The summed E-state index contributed by atoms with van der Waals surface area (Å²) in [5.74, 6) is 0.628. The summed E-state index contributed by atoms with van der Waals surface area (Å²) in [5, 5.41) is 0.997. The number of allylic oxidation sites excluding steroid dienone is 5. The number of hydrogen-bond acceptors (Lipinski definition) is 3. The highest BCUT2D eigenvalue weighted by Gasteiger charge is 2.08. The van der Waals surface area contributed by atoms with E-state index < -0.39 is 0 Å². The van der Waals surface area contributed by atoms with Gasteiger partial charge in [-0.15, -0.1) is 0 Å². The molecule has 4 nitrogen and oxygen atoms in total. The quantitative estimate of drug-likeness (QED) is 0.733. The van der Waals surface area contributed by atoms with Gasteiger partial charge in [0.15, 0.2) is 5.82 Å². The maximum absolute atomic E-state index is 4.58. The number of H-pyrrole nitrogens is 1. The Balaban J connectivity index is 2.10. The molecule has 3 aromatic rings. The molecule has 20 heavy (non-hydrogen) atoms. The number of aromatic nitrogens is 4. The molecule has 98 valence electrons. The summed E-state index contributed by atoms with van der Waals surface area (Å²) in [7, 11) is 0. The third kappa shape index (κ3) is 2.12.